The Bertz CT molecular complexity index is 398. The van der Waals surface area contributed by atoms with Crippen molar-refractivity contribution in [3.05, 3.63) is 0 Å². The zero-order chi connectivity index (χ0) is 18.8. The van der Waals surface area contributed by atoms with Crippen LogP contribution in [0.2, 0.25) is 0 Å². The van der Waals surface area contributed by atoms with E-state index < -0.39 is 0 Å². The van der Waals surface area contributed by atoms with E-state index in [2.05, 4.69) is 23.9 Å². The van der Waals surface area contributed by atoms with E-state index in [1.807, 2.05) is 9.80 Å². The fraction of sp³-hybridized carbons (Fsp3) is 0.900. The van der Waals surface area contributed by atoms with Crippen LogP contribution in [0.15, 0.2) is 0 Å². The van der Waals surface area contributed by atoms with Crippen LogP contribution in [-0.4, -0.2) is 97.9 Å². The smallest absolute Gasteiger partial charge is 0.222 e. The lowest BCUT2D eigenvalue weighted by Crippen LogP contribution is -2.47. The van der Waals surface area contributed by atoms with Gasteiger partial charge < -0.3 is 19.6 Å². The molecule has 0 aromatic rings. The van der Waals surface area contributed by atoms with Gasteiger partial charge in [0.25, 0.3) is 0 Å². The third-order valence-electron chi connectivity index (χ3n) is 5.74. The molecule has 6 nitrogen and oxygen atoms in total. The summed E-state index contributed by atoms with van der Waals surface area (Å²) in [5, 5.41) is 0. The Labute approximate surface area is 205 Å². The molecular weight excluding hydrogens is 582 g/mol. The van der Waals surface area contributed by atoms with Gasteiger partial charge in [0.15, 0.2) is 0 Å². The third-order valence-corrected chi connectivity index (χ3v) is 5.74. The Kier molecular flexibility index (Phi) is 16.3. The number of nitrogens with zero attached hydrogens (tertiary/aromatic N) is 4. The summed E-state index contributed by atoms with van der Waals surface area (Å²) in [4.78, 5) is 32.9. The van der Waals surface area contributed by atoms with Crippen LogP contribution in [0.3, 0.4) is 0 Å². The van der Waals surface area contributed by atoms with Crippen molar-refractivity contribution in [2.24, 2.45) is 0 Å². The first-order chi connectivity index (χ1) is 12.6. The summed E-state index contributed by atoms with van der Waals surface area (Å²) in [6.45, 7) is 7.54. The summed E-state index contributed by atoms with van der Waals surface area (Å²) in [5.41, 5.74) is 0. The number of rotatable bonds is 9. The standard InChI is InChI=1S/C20H38N4O2.2HI/c1-21-11-15-23(16-12-21)19(25)9-7-5-3-4-6-8-10-20(26)24-17-13-22(2)14-18-24;;/h3-18H2,1-2H3;2*1H. The van der Waals surface area contributed by atoms with Crippen LogP contribution < -0.4 is 0 Å². The van der Waals surface area contributed by atoms with Gasteiger partial charge in [-0.1, -0.05) is 25.7 Å². The molecule has 2 amide bonds. The van der Waals surface area contributed by atoms with E-state index in [1.54, 1.807) is 0 Å². The SMILES string of the molecule is CN1CCN(C(=O)CCCCCCCCC(=O)N2CCN(C)CC2)CC1.I.I. The molecule has 0 spiro atoms. The molecular formula is C20H40I2N4O2. The second-order valence-corrected chi connectivity index (χ2v) is 7.99. The highest BCUT2D eigenvalue weighted by Gasteiger charge is 2.19. The van der Waals surface area contributed by atoms with Crippen molar-refractivity contribution in [2.75, 3.05) is 66.5 Å². The molecule has 0 bridgehead atoms. The predicted molar refractivity (Wildman–Crippen MR) is 136 cm³/mol. The fourth-order valence-corrected chi connectivity index (χ4v) is 3.69. The van der Waals surface area contributed by atoms with E-state index in [-0.39, 0.29) is 48.0 Å². The van der Waals surface area contributed by atoms with E-state index >= 15 is 0 Å². The molecule has 2 fully saturated rings. The number of piperazine rings is 2. The lowest BCUT2D eigenvalue weighted by Gasteiger charge is -2.32. The van der Waals surface area contributed by atoms with E-state index in [9.17, 15) is 9.59 Å². The van der Waals surface area contributed by atoms with Gasteiger partial charge in [0.1, 0.15) is 0 Å². The van der Waals surface area contributed by atoms with Crippen LogP contribution in [-0.2, 0) is 9.59 Å². The molecule has 0 aliphatic carbocycles. The van der Waals surface area contributed by atoms with Crippen molar-refractivity contribution in [2.45, 2.75) is 51.4 Å². The molecule has 0 radical (unpaired) electrons. The fourth-order valence-electron chi connectivity index (χ4n) is 3.69. The molecule has 0 aromatic carbocycles. The first-order valence-electron chi connectivity index (χ1n) is 10.5. The Hall–Kier alpha value is 0.320. The molecule has 0 saturated carbocycles. The zero-order valence-corrected chi connectivity index (χ0v) is 22.4. The average Bonchev–Trinajstić information content (AvgIpc) is 2.64. The molecule has 0 N–H and O–H groups in total. The van der Waals surface area contributed by atoms with Gasteiger partial charge in [-0.15, -0.1) is 48.0 Å². The van der Waals surface area contributed by atoms with Gasteiger partial charge in [-0.25, -0.2) is 0 Å². The summed E-state index contributed by atoms with van der Waals surface area (Å²) in [5.74, 6) is 0.659. The number of halogens is 2. The van der Waals surface area contributed by atoms with Gasteiger partial charge in [-0.05, 0) is 26.9 Å². The first-order valence-corrected chi connectivity index (χ1v) is 10.5. The number of carbonyl (C=O) groups excluding carboxylic acids is 2. The molecule has 2 saturated heterocycles. The molecule has 2 aliphatic heterocycles. The van der Waals surface area contributed by atoms with E-state index in [0.717, 1.165) is 78.0 Å². The van der Waals surface area contributed by atoms with Crippen molar-refractivity contribution in [3.63, 3.8) is 0 Å². The minimum Gasteiger partial charge on any atom is -0.340 e. The van der Waals surface area contributed by atoms with Gasteiger partial charge in [-0.2, -0.15) is 0 Å². The molecule has 166 valence electrons. The van der Waals surface area contributed by atoms with E-state index in [4.69, 9.17) is 0 Å². The van der Waals surface area contributed by atoms with Crippen LogP contribution in [0.1, 0.15) is 51.4 Å². The number of hydrogen-bond donors (Lipinski definition) is 0. The van der Waals surface area contributed by atoms with Crippen LogP contribution in [0.5, 0.6) is 0 Å². The Balaban J connectivity index is 0.00000364. The van der Waals surface area contributed by atoms with Gasteiger partial charge in [0.05, 0.1) is 0 Å². The molecule has 2 aliphatic rings. The minimum absolute atomic E-state index is 0. The van der Waals surface area contributed by atoms with Crippen molar-refractivity contribution in [1.29, 1.82) is 0 Å². The Morgan fingerprint density at radius 1 is 0.536 bits per heavy atom. The van der Waals surface area contributed by atoms with Crippen LogP contribution in [0.4, 0.5) is 0 Å². The number of carbonyl (C=O) groups is 2. The number of unbranched alkanes of at least 4 members (excludes halogenated alkanes) is 5. The van der Waals surface area contributed by atoms with Crippen molar-refractivity contribution in [1.82, 2.24) is 19.6 Å². The highest BCUT2D eigenvalue weighted by atomic mass is 127. The van der Waals surface area contributed by atoms with Crippen molar-refractivity contribution in [3.8, 4) is 0 Å². The highest BCUT2D eigenvalue weighted by molar-refractivity contribution is 14.0. The van der Waals surface area contributed by atoms with Crippen LogP contribution >= 0.6 is 48.0 Å². The third kappa shape index (κ3) is 10.9. The van der Waals surface area contributed by atoms with Crippen molar-refractivity contribution >= 4 is 59.8 Å². The summed E-state index contributed by atoms with van der Waals surface area (Å²) in [6, 6.07) is 0. The zero-order valence-electron chi connectivity index (χ0n) is 17.7. The molecule has 0 aromatic heterocycles. The largest absolute Gasteiger partial charge is 0.340 e. The molecule has 2 heterocycles. The summed E-state index contributed by atoms with van der Waals surface area (Å²) in [6.07, 6.45) is 8.03. The maximum Gasteiger partial charge on any atom is 0.222 e. The topological polar surface area (TPSA) is 47.1 Å². The monoisotopic (exact) mass is 622 g/mol. The van der Waals surface area contributed by atoms with Gasteiger partial charge in [0.2, 0.25) is 11.8 Å². The van der Waals surface area contributed by atoms with E-state index in [0.29, 0.717) is 24.7 Å². The Morgan fingerprint density at radius 2 is 0.821 bits per heavy atom. The minimum atomic E-state index is 0. The second-order valence-electron chi connectivity index (χ2n) is 7.99. The number of hydrogen-bond acceptors (Lipinski definition) is 4. The molecule has 28 heavy (non-hydrogen) atoms. The van der Waals surface area contributed by atoms with E-state index in [1.165, 1.54) is 12.8 Å². The summed E-state index contributed by atoms with van der Waals surface area (Å²) < 4.78 is 0. The molecule has 2 rings (SSSR count). The van der Waals surface area contributed by atoms with Crippen LogP contribution in [0.25, 0.3) is 0 Å². The highest BCUT2D eigenvalue weighted by Crippen LogP contribution is 2.12. The molecule has 8 heteroatoms. The van der Waals surface area contributed by atoms with Gasteiger partial charge in [0, 0.05) is 65.2 Å². The maximum atomic E-state index is 12.1. The van der Waals surface area contributed by atoms with Gasteiger partial charge in [-0.3, -0.25) is 9.59 Å². The lowest BCUT2D eigenvalue weighted by atomic mass is 10.1. The summed E-state index contributed by atoms with van der Waals surface area (Å²) >= 11 is 0. The predicted octanol–water partition coefficient (Wildman–Crippen LogP) is 2.89. The quantitative estimate of drug-likeness (QED) is 0.294. The number of amides is 2. The first kappa shape index (κ1) is 28.3. The van der Waals surface area contributed by atoms with Crippen LogP contribution in [0, 0.1) is 0 Å². The molecule has 0 atom stereocenters. The molecule has 0 unspecified atom stereocenters. The average molecular weight is 622 g/mol. The van der Waals surface area contributed by atoms with Gasteiger partial charge >= 0.3 is 0 Å². The number of likely N-dealkylation sites (N-methyl/N-ethyl adjacent to an activating group) is 2. The van der Waals surface area contributed by atoms with Crippen molar-refractivity contribution < 1.29 is 9.59 Å². The summed E-state index contributed by atoms with van der Waals surface area (Å²) in [7, 11) is 4.22. The lowest BCUT2D eigenvalue weighted by molar-refractivity contribution is -0.133. The Morgan fingerprint density at radius 3 is 1.14 bits per heavy atom. The second kappa shape index (κ2) is 16.1. The normalized spacial score (nSPS) is 18.4. The maximum absolute atomic E-state index is 12.1.